The fourth-order valence-corrected chi connectivity index (χ4v) is 3.34. The molecule has 0 spiro atoms. The summed E-state index contributed by atoms with van der Waals surface area (Å²) in [7, 11) is -2.81. The first-order valence-corrected chi connectivity index (χ1v) is 6.96. The maximum Gasteiger partial charge on any atom is 0.153 e. The van der Waals surface area contributed by atoms with Crippen molar-refractivity contribution < 1.29 is 8.42 Å². The summed E-state index contributed by atoms with van der Waals surface area (Å²) in [5, 5.41) is 3.24. The van der Waals surface area contributed by atoms with E-state index in [-0.39, 0.29) is 17.5 Å². The number of hydrogen-bond donors (Lipinski definition) is 1. The van der Waals surface area contributed by atoms with Crippen LogP contribution in [0.4, 0.5) is 0 Å². The van der Waals surface area contributed by atoms with Crippen molar-refractivity contribution in [3.05, 3.63) is 35.9 Å². The normalized spacial score (nSPS) is 24.9. The largest absolute Gasteiger partial charge is 0.312 e. The molecule has 1 heterocycles. The van der Waals surface area contributed by atoms with Crippen molar-refractivity contribution in [1.29, 1.82) is 0 Å². The van der Waals surface area contributed by atoms with Crippen LogP contribution >= 0.6 is 0 Å². The minimum absolute atomic E-state index is 0.0751. The smallest absolute Gasteiger partial charge is 0.153 e. The van der Waals surface area contributed by atoms with Crippen molar-refractivity contribution in [3.8, 4) is 0 Å². The Hall–Kier alpha value is -0.870. The molecule has 0 saturated carbocycles. The Morgan fingerprint density at radius 3 is 2.67 bits per heavy atom. The van der Waals surface area contributed by atoms with E-state index in [1.807, 2.05) is 30.3 Å². The molecule has 4 heteroatoms. The molecule has 1 atom stereocenters. The summed E-state index contributed by atoms with van der Waals surface area (Å²) in [6, 6.07) is 10.1. The minimum atomic E-state index is -2.81. The van der Waals surface area contributed by atoms with E-state index in [4.69, 9.17) is 0 Å². The zero-order valence-corrected chi connectivity index (χ0v) is 9.33. The van der Waals surface area contributed by atoms with Crippen molar-refractivity contribution in [3.63, 3.8) is 0 Å². The first-order chi connectivity index (χ1) is 7.16. The van der Waals surface area contributed by atoms with Crippen molar-refractivity contribution >= 4 is 9.84 Å². The van der Waals surface area contributed by atoms with Crippen LogP contribution in [0.2, 0.25) is 0 Å². The van der Waals surface area contributed by atoms with Gasteiger partial charge in [-0.2, -0.15) is 0 Å². The Morgan fingerprint density at radius 2 is 2.00 bits per heavy atom. The molecule has 15 heavy (non-hydrogen) atoms. The highest BCUT2D eigenvalue weighted by Gasteiger charge is 2.23. The molecule has 1 fully saturated rings. The SMILES string of the molecule is O=S1(=O)CCN[C@H](Cc2ccccc2)C1. The molecular weight excluding hydrogens is 210 g/mol. The number of rotatable bonds is 2. The molecule has 1 aliphatic rings. The maximum atomic E-state index is 11.4. The van der Waals surface area contributed by atoms with E-state index in [2.05, 4.69) is 5.32 Å². The van der Waals surface area contributed by atoms with Gasteiger partial charge >= 0.3 is 0 Å². The van der Waals surface area contributed by atoms with E-state index in [0.717, 1.165) is 6.42 Å². The highest BCUT2D eigenvalue weighted by Crippen LogP contribution is 2.08. The van der Waals surface area contributed by atoms with Gasteiger partial charge < -0.3 is 5.32 Å². The van der Waals surface area contributed by atoms with E-state index in [0.29, 0.717) is 6.54 Å². The van der Waals surface area contributed by atoms with Crippen molar-refractivity contribution in [2.24, 2.45) is 0 Å². The Balaban J connectivity index is 2.01. The summed E-state index contributed by atoms with van der Waals surface area (Å²) in [5.41, 5.74) is 1.19. The van der Waals surface area contributed by atoms with Crippen LogP contribution in [0.3, 0.4) is 0 Å². The van der Waals surface area contributed by atoms with Crippen molar-refractivity contribution in [2.45, 2.75) is 12.5 Å². The minimum Gasteiger partial charge on any atom is -0.312 e. The van der Waals surface area contributed by atoms with Gasteiger partial charge in [0.1, 0.15) is 0 Å². The van der Waals surface area contributed by atoms with E-state index in [1.54, 1.807) is 0 Å². The predicted molar refractivity (Wildman–Crippen MR) is 60.6 cm³/mol. The van der Waals surface area contributed by atoms with Crippen LogP contribution in [-0.2, 0) is 16.3 Å². The highest BCUT2D eigenvalue weighted by molar-refractivity contribution is 7.91. The van der Waals surface area contributed by atoms with Crippen LogP contribution in [-0.4, -0.2) is 32.5 Å². The Bertz CT molecular complexity index is 413. The van der Waals surface area contributed by atoms with Gasteiger partial charge in [-0.1, -0.05) is 30.3 Å². The summed E-state index contributed by atoms with van der Waals surface area (Å²) in [6.07, 6.45) is 0.792. The topological polar surface area (TPSA) is 46.2 Å². The molecule has 1 aromatic carbocycles. The van der Waals surface area contributed by atoms with E-state index in [1.165, 1.54) is 5.56 Å². The molecule has 82 valence electrons. The molecule has 2 rings (SSSR count). The molecule has 1 aromatic rings. The third-order valence-corrected chi connectivity index (χ3v) is 4.36. The Labute approximate surface area is 90.4 Å². The van der Waals surface area contributed by atoms with Crippen molar-refractivity contribution in [1.82, 2.24) is 5.32 Å². The van der Waals surface area contributed by atoms with Crippen LogP contribution in [0.15, 0.2) is 30.3 Å². The highest BCUT2D eigenvalue weighted by atomic mass is 32.2. The van der Waals surface area contributed by atoms with Gasteiger partial charge in [0, 0.05) is 12.6 Å². The number of hydrogen-bond acceptors (Lipinski definition) is 3. The maximum absolute atomic E-state index is 11.4. The summed E-state index contributed by atoms with van der Waals surface area (Å²) in [5.74, 6) is 0.542. The Morgan fingerprint density at radius 1 is 1.27 bits per heavy atom. The average Bonchev–Trinajstić information content (AvgIpc) is 2.17. The van der Waals surface area contributed by atoms with Gasteiger partial charge in [0.05, 0.1) is 11.5 Å². The van der Waals surface area contributed by atoms with Crippen LogP contribution in [0, 0.1) is 0 Å². The fourth-order valence-electron chi connectivity index (χ4n) is 1.90. The average molecular weight is 225 g/mol. The molecule has 0 aliphatic carbocycles. The molecule has 0 amide bonds. The first-order valence-electron chi connectivity index (χ1n) is 5.13. The van der Waals surface area contributed by atoms with Crippen LogP contribution in [0.25, 0.3) is 0 Å². The van der Waals surface area contributed by atoms with Crippen LogP contribution in [0.1, 0.15) is 5.56 Å². The van der Waals surface area contributed by atoms with Gasteiger partial charge in [-0.25, -0.2) is 8.42 Å². The standard InChI is InChI=1S/C11H15NO2S/c13-15(14)7-6-12-11(9-15)8-10-4-2-1-3-5-10/h1-5,11-12H,6-9H2/t11-/m1/s1. The van der Waals surface area contributed by atoms with Gasteiger partial charge in [-0.15, -0.1) is 0 Å². The molecule has 3 nitrogen and oxygen atoms in total. The summed E-state index contributed by atoms with van der Waals surface area (Å²) >= 11 is 0. The second-order valence-electron chi connectivity index (χ2n) is 3.96. The summed E-state index contributed by atoms with van der Waals surface area (Å²) in [6.45, 7) is 0.583. The van der Waals surface area contributed by atoms with Gasteiger partial charge in [-0.3, -0.25) is 0 Å². The lowest BCUT2D eigenvalue weighted by atomic mass is 10.1. The molecule has 0 bridgehead atoms. The van der Waals surface area contributed by atoms with E-state index >= 15 is 0 Å². The second-order valence-corrected chi connectivity index (χ2v) is 6.18. The third kappa shape index (κ3) is 3.04. The first kappa shape index (κ1) is 10.6. The molecule has 0 unspecified atom stereocenters. The van der Waals surface area contributed by atoms with Gasteiger partial charge in [0.15, 0.2) is 9.84 Å². The molecule has 1 saturated heterocycles. The second kappa shape index (κ2) is 4.33. The lowest BCUT2D eigenvalue weighted by Gasteiger charge is -2.23. The number of sulfone groups is 1. The van der Waals surface area contributed by atoms with Crippen molar-refractivity contribution in [2.75, 3.05) is 18.1 Å². The molecule has 0 aromatic heterocycles. The molecule has 0 radical (unpaired) electrons. The zero-order valence-electron chi connectivity index (χ0n) is 8.52. The third-order valence-electron chi connectivity index (χ3n) is 2.63. The van der Waals surface area contributed by atoms with Gasteiger partial charge in [0.2, 0.25) is 0 Å². The fraction of sp³-hybridized carbons (Fsp3) is 0.455. The molecule has 1 aliphatic heterocycles. The monoisotopic (exact) mass is 225 g/mol. The number of benzene rings is 1. The lowest BCUT2D eigenvalue weighted by molar-refractivity contribution is 0.515. The molecule has 1 N–H and O–H groups in total. The quantitative estimate of drug-likeness (QED) is 0.802. The van der Waals surface area contributed by atoms with Gasteiger partial charge in [-0.05, 0) is 12.0 Å². The number of nitrogens with one attached hydrogen (secondary N) is 1. The summed E-state index contributed by atoms with van der Waals surface area (Å²) in [4.78, 5) is 0. The van der Waals surface area contributed by atoms with Crippen LogP contribution in [0.5, 0.6) is 0 Å². The zero-order chi connectivity index (χ0) is 10.7. The van der Waals surface area contributed by atoms with Gasteiger partial charge in [0.25, 0.3) is 0 Å². The Kier molecular flexibility index (Phi) is 3.07. The lowest BCUT2D eigenvalue weighted by Crippen LogP contribution is -2.46. The van der Waals surface area contributed by atoms with E-state index < -0.39 is 9.84 Å². The predicted octanol–water partition coefficient (Wildman–Crippen LogP) is 0.616. The summed E-state index contributed by atoms with van der Waals surface area (Å²) < 4.78 is 22.8. The van der Waals surface area contributed by atoms with Crippen LogP contribution < -0.4 is 5.32 Å². The molecular formula is C11H15NO2S. The van der Waals surface area contributed by atoms with E-state index in [9.17, 15) is 8.42 Å².